The second-order valence-corrected chi connectivity index (χ2v) is 8.68. The maximum Gasteiger partial charge on any atom is 0.229 e. The molecular weight excluding hydrogens is 316 g/mol. The fraction of sp³-hybridized carbons (Fsp3) is 0.900. The van der Waals surface area contributed by atoms with E-state index in [-0.39, 0.29) is 23.5 Å². The van der Waals surface area contributed by atoms with Crippen LogP contribution in [-0.2, 0) is 14.3 Å². The molecule has 2 rings (SSSR count). The molecule has 1 saturated carbocycles. The number of nitrogens with one attached hydrogen (secondary N) is 1. The highest BCUT2D eigenvalue weighted by Gasteiger charge is 2.54. The Bertz CT molecular complexity index is 472. The Labute approximate surface area is 152 Å². The van der Waals surface area contributed by atoms with E-state index in [4.69, 9.17) is 4.74 Å². The predicted molar refractivity (Wildman–Crippen MR) is 99.1 cm³/mol. The first-order valence-electron chi connectivity index (χ1n) is 9.95. The van der Waals surface area contributed by atoms with Gasteiger partial charge in [-0.1, -0.05) is 27.7 Å². The van der Waals surface area contributed by atoms with Gasteiger partial charge in [-0.05, 0) is 44.4 Å². The number of amides is 2. The Balaban J connectivity index is 1.67. The number of nitrogens with zero attached hydrogens (tertiary/aromatic N) is 1. The molecule has 1 N–H and O–H groups in total. The molecule has 0 spiro atoms. The van der Waals surface area contributed by atoms with Crippen LogP contribution in [0.5, 0.6) is 0 Å². The minimum Gasteiger partial charge on any atom is -0.378 e. The summed E-state index contributed by atoms with van der Waals surface area (Å²) in [4.78, 5) is 26.8. The van der Waals surface area contributed by atoms with Crippen molar-refractivity contribution in [3.63, 3.8) is 0 Å². The number of likely N-dealkylation sites (tertiary alicyclic amines) is 1. The molecular formula is C20H36N2O3. The van der Waals surface area contributed by atoms with Crippen LogP contribution in [0.4, 0.5) is 0 Å². The van der Waals surface area contributed by atoms with Gasteiger partial charge in [0.15, 0.2) is 0 Å². The van der Waals surface area contributed by atoms with Crippen LogP contribution < -0.4 is 5.32 Å². The normalized spacial score (nSPS) is 23.2. The lowest BCUT2D eigenvalue weighted by atomic mass is 9.91. The number of hydrogen-bond donors (Lipinski definition) is 1. The summed E-state index contributed by atoms with van der Waals surface area (Å²) in [5.41, 5.74) is -0.112. The van der Waals surface area contributed by atoms with Crippen molar-refractivity contribution < 1.29 is 14.3 Å². The van der Waals surface area contributed by atoms with Crippen LogP contribution in [0.3, 0.4) is 0 Å². The molecule has 1 aliphatic carbocycles. The molecule has 0 radical (unpaired) electrons. The van der Waals surface area contributed by atoms with Crippen LogP contribution in [0.1, 0.15) is 66.7 Å². The smallest absolute Gasteiger partial charge is 0.229 e. The Morgan fingerprint density at radius 3 is 2.44 bits per heavy atom. The maximum atomic E-state index is 12.7. The van der Waals surface area contributed by atoms with Gasteiger partial charge in [0, 0.05) is 25.6 Å². The second-order valence-electron chi connectivity index (χ2n) is 8.68. The number of carbonyl (C=O) groups excluding carboxylic acids is 2. The molecule has 0 aromatic heterocycles. The van der Waals surface area contributed by atoms with Gasteiger partial charge in [-0.2, -0.15) is 0 Å². The van der Waals surface area contributed by atoms with Crippen molar-refractivity contribution in [2.24, 2.45) is 17.3 Å². The van der Waals surface area contributed by atoms with Gasteiger partial charge in [0.25, 0.3) is 0 Å². The lowest BCUT2D eigenvalue weighted by Gasteiger charge is -2.26. The van der Waals surface area contributed by atoms with Gasteiger partial charge in [0.05, 0.1) is 18.1 Å². The minimum atomic E-state index is -0.112. The van der Waals surface area contributed by atoms with Gasteiger partial charge < -0.3 is 15.0 Å². The number of rotatable bonds is 9. The zero-order valence-electron chi connectivity index (χ0n) is 16.6. The van der Waals surface area contributed by atoms with Crippen LogP contribution in [0, 0.1) is 17.3 Å². The molecule has 1 saturated heterocycles. The van der Waals surface area contributed by atoms with E-state index >= 15 is 0 Å². The van der Waals surface area contributed by atoms with Gasteiger partial charge >= 0.3 is 0 Å². The van der Waals surface area contributed by atoms with Gasteiger partial charge in [-0.3, -0.25) is 9.59 Å². The molecule has 144 valence electrons. The van der Waals surface area contributed by atoms with Crippen LogP contribution in [0.15, 0.2) is 0 Å². The summed E-state index contributed by atoms with van der Waals surface area (Å²) < 4.78 is 5.70. The quantitative estimate of drug-likeness (QED) is 0.694. The van der Waals surface area contributed by atoms with Crippen molar-refractivity contribution in [1.82, 2.24) is 10.2 Å². The van der Waals surface area contributed by atoms with E-state index in [0.29, 0.717) is 37.3 Å². The molecule has 25 heavy (non-hydrogen) atoms. The molecule has 2 amide bonds. The van der Waals surface area contributed by atoms with Crippen LogP contribution in [0.2, 0.25) is 0 Å². The van der Waals surface area contributed by atoms with E-state index in [1.54, 1.807) is 0 Å². The third kappa shape index (κ3) is 5.44. The summed E-state index contributed by atoms with van der Waals surface area (Å²) >= 11 is 0. The molecule has 1 aliphatic heterocycles. The average molecular weight is 353 g/mol. The number of ether oxygens (including phenoxy) is 1. The molecule has 1 unspecified atom stereocenters. The Morgan fingerprint density at radius 1 is 1.20 bits per heavy atom. The standard InChI is InChI=1S/C20H36N2O3/c1-14(2)12-16(5)25-11-7-18(23)21-17-6-10-22(13-17)19(24)20(8-9-20)15(3)4/h14-17H,6-13H2,1-5H3,(H,21,23)/t16?,17-/m1/s1. The SMILES string of the molecule is CC(C)CC(C)OCCC(=O)N[C@@H]1CCN(C(=O)C2(C(C)C)CC2)C1. The maximum absolute atomic E-state index is 12.7. The largest absolute Gasteiger partial charge is 0.378 e. The first-order chi connectivity index (χ1) is 11.7. The monoisotopic (exact) mass is 352 g/mol. The summed E-state index contributed by atoms with van der Waals surface area (Å²) in [7, 11) is 0. The van der Waals surface area contributed by atoms with Crippen molar-refractivity contribution in [2.45, 2.75) is 78.9 Å². The third-order valence-electron chi connectivity index (χ3n) is 5.70. The van der Waals surface area contributed by atoms with Gasteiger partial charge in [-0.25, -0.2) is 0 Å². The Morgan fingerprint density at radius 2 is 1.88 bits per heavy atom. The van der Waals surface area contributed by atoms with Gasteiger partial charge in [-0.15, -0.1) is 0 Å². The first kappa shape index (κ1) is 20.2. The van der Waals surface area contributed by atoms with Crippen molar-refractivity contribution >= 4 is 11.8 Å². The predicted octanol–water partition coefficient (Wildman–Crippen LogP) is 2.98. The van der Waals surface area contributed by atoms with Crippen molar-refractivity contribution in [2.75, 3.05) is 19.7 Å². The molecule has 0 bridgehead atoms. The van der Waals surface area contributed by atoms with Crippen LogP contribution >= 0.6 is 0 Å². The molecule has 1 heterocycles. The van der Waals surface area contributed by atoms with E-state index in [2.05, 4.69) is 39.9 Å². The molecule has 0 aromatic rings. The molecule has 5 nitrogen and oxygen atoms in total. The summed E-state index contributed by atoms with van der Waals surface area (Å²) in [5.74, 6) is 1.33. The molecule has 2 atom stereocenters. The summed E-state index contributed by atoms with van der Waals surface area (Å²) in [6, 6.07) is 0.0903. The fourth-order valence-electron chi connectivity index (χ4n) is 3.93. The van der Waals surface area contributed by atoms with Crippen LogP contribution in [0.25, 0.3) is 0 Å². The summed E-state index contributed by atoms with van der Waals surface area (Å²) in [5, 5.41) is 3.07. The Kier molecular flexibility index (Phi) is 6.89. The van der Waals surface area contributed by atoms with E-state index < -0.39 is 0 Å². The Hall–Kier alpha value is -1.10. The topological polar surface area (TPSA) is 58.6 Å². The molecule has 2 fully saturated rings. The van der Waals surface area contributed by atoms with E-state index in [9.17, 15) is 9.59 Å². The third-order valence-corrected chi connectivity index (χ3v) is 5.70. The van der Waals surface area contributed by atoms with Gasteiger partial charge in [0.2, 0.25) is 11.8 Å². The molecule has 5 heteroatoms. The van der Waals surface area contributed by atoms with Crippen molar-refractivity contribution in [1.29, 1.82) is 0 Å². The van der Waals surface area contributed by atoms with E-state index in [1.807, 2.05) is 4.90 Å². The summed E-state index contributed by atoms with van der Waals surface area (Å²) in [6.45, 7) is 12.6. The van der Waals surface area contributed by atoms with E-state index in [1.165, 1.54) is 0 Å². The zero-order chi connectivity index (χ0) is 18.6. The highest BCUT2D eigenvalue weighted by molar-refractivity contribution is 5.86. The highest BCUT2D eigenvalue weighted by atomic mass is 16.5. The highest BCUT2D eigenvalue weighted by Crippen LogP contribution is 2.53. The first-order valence-corrected chi connectivity index (χ1v) is 9.95. The van der Waals surface area contributed by atoms with Crippen molar-refractivity contribution in [3.05, 3.63) is 0 Å². The van der Waals surface area contributed by atoms with Gasteiger partial charge in [0.1, 0.15) is 0 Å². The van der Waals surface area contributed by atoms with Crippen molar-refractivity contribution in [3.8, 4) is 0 Å². The lowest BCUT2D eigenvalue weighted by molar-refractivity contribution is -0.138. The van der Waals surface area contributed by atoms with Crippen LogP contribution in [-0.4, -0.2) is 48.6 Å². The lowest BCUT2D eigenvalue weighted by Crippen LogP contribution is -2.42. The van der Waals surface area contributed by atoms with E-state index in [0.717, 1.165) is 32.2 Å². The zero-order valence-corrected chi connectivity index (χ0v) is 16.6. The summed E-state index contributed by atoms with van der Waals surface area (Å²) in [6.07, 6.45) is 4.49. The second kappa shape index (κ2) is 8.52. The molecule has 0 aromatic carbocycles. The minimum absolute atomic E-state index is 0.0287. The number of carbonyl (C=O) groups is 2. The number of hydrogen-bond acceptors (Lipinski definition) is 3. The average Bonchev–Trinajstić information content (AvgIpc) is 3.20. The fourth-order valence-corrected chi connectivity index (χ4v) is 3.93. The molecule has 2 aliphatic rings.